The number of hydrogen-bond donors (Lipinski definition) is 2. The van der Waals surface area contributed by atoms with Gasteiger partial charge in [-0.15, -0.1) is 0 Å². The fraction of sp³-hybridized carbons (Fsp3) is 0.200. The Balaban J connectivity index is 2.19. The summed E-state index contributed by atoms with van der Waals surface area (Å²) in [7, 11) is 0. The van der Waals surface area contributed by atoms with Gasteiger partial charge in [-0.25, -0.2) is 14.2 Å². The van der Waals surface area contributed by atoms with Gasteiger partial charge in [0.1, 0.15) is 11.3 Å². The van der Waals surface area contributed by atoms with Crippen molar-refractivity contribution in [3.63, 3.8) is 0 Å². The van der Waals surface area contributed by atoms with Crippen LogP contribution in [-0.4, -0.2) is 22.2 Å². The highest BCUT2D eigenvalue weighted by Crippen LogP contribution is 2.22. The second kappa shape index (κ2) is 6.21. The molecule has 0 saturated carbocycles. The maximum atomic E-state index is 13.9. The van der Waals surface area contributed by atoms with Crippen LogP contribution in [0.5, 0.6) is 5.75 Å². The highest BCUT2D eigenvalue weighted by atomic mass is 19.1. The van der Waals surface area contributed by atoms with Crippen molar-refractivity contribution in [1.82, 2.24) is 4.98 Å². The lowest BCUT2D eigenvalue weighted by molar-refractivity contribution is 0.0692. The van der Waals surface area contributed by atoms with E-state index in [2.05, 4.69) is 10.3 Å². The fourth-order valence-corrected chi connectivity index (χ4v) is 1.72. The molecule has 0 aliphatic rings. The quantitative estimate of drug-likeness (QED) is 0.882. The van der Waals surface area contributed by atoms with Crippen molar-refractivity contribution in [3.8, 4) is 5.75 Å². The highest BCUT2D eigenvalue weighted by molar-refractivity contribution is 5.89. The van der Waals surface area contributed by atoms with Gasteiger partial charge in [0.15, 0.2) is 11.6 Å². The second-order valence-corrected chi connectivity index (χ2v) is 4.64. The molecule has 2 rings (SSSR count). The molecule has 1 aromatic heterocycles. The predicted octanol–water partition coefficient (Wildman–Crippen LogP) is 3.45. The van der Waals surface area contributed by atoms with Crippen molar-refractivity contribution in [2.24, 2.45) is 0 Å². The summed E-state index contributed by atoms with van der Waals surface area (Å²) in [5.74, 6) is -1.66. The standard InChI is InChI=1S/C15H15FN2O3/c1-9(2)21-11-5-3-10(4-6-11)18-14-13(16)12(15(19)20)7-8-17-14/h3-9H,1-2H3,(H,17,18)(H,19,20). The first-order valence-electron chi connectivity index (χ1n) is 6.39. The summed E-state index contributed by atoms with van der Waals surface area (Å²) in [4.78, 5) is 14.7. The molecule has 110 valence electrons. The van der Waals surface area contributed by atoms with Crippen LogP contribution in [0, 0.1) is 5.82 Å². The number of aromatic nitrogens is 1. The normalized spacial score (nSPS) is 10.5. The number of benzene rings is 1. The second-order valence-electron chi connectivity index (χ2n) is 4.64. The van der Waals surface area contributed by atoms with Crippen molar-refractivity contribution in [1.29, 1.82) is 0 Å². The number of pyridine rings is 1. The topological polar surface area (TPSA) is 71.5 Å². The first-order chi connectivity index (χ1) is 9.97. The van der Waals surface area contributed by atoms with Gasteiger partial charge in [-0.05, 0) is 44.2 Å². The molecule has 2 aromatic rings. The van der Waals surface area contributed by atoms with E-state index in [1.165, 1.54) is 6.20 Å². The number of rotatable bonds is 5. The predicted molar refractivity (Wildman–Crippen MR) is 76.6 cm³/mol. The molecule has 0 fully saturated rings. The molecule has 0 aliphatic carbocycles. The van der Waals surface area contributed by atoms with E-state index < -0.39 is 17.3 Å². The van der Waals surface area contributed by atoms with Crippen LogP contribution < -0.4 is 10.1 Å². The lowest BCUT2D eigenvalue weighted by atomic mass is 10.2. The van der Waals surface area contributed by atoms with E-state index >= 15 is 0 Å². The first kappa shape index (κ1) is 14.8. The van der Waals surface area contributed by atoms with Gasteiger partial charge in [0.2, 0.25) is 0 Å². The smallest absolute Gasteiger partial charge is 0.338 e. The number of carboxylic acids is 1. The summed E-state index contributed by atoms with van der Waals surface area (Å²) in [6.45, 7) is 3.84. The van der Waals surface area contributed by atoms with Gasteiger partial charge in [0.05, 0.1) is 6.10 Å². The molecule has 6 heteroatoms. The number of carboxylic acid groups (broad SMARTS) is 1. The van der Waals surface area contributed by atoms with E-state index in [1.54, 1.807) is 24.3 Å². The number of halogens is 1. The molecule has 0 unspecified atom stereocenters. The zero-order valence-corrected chi connectivity index (χ0v) is 11.6. The maximum absolute atomic E-state index is 13.9. The third-order valence-electron chi connectivity index (χ3n) is 2.61. The first-order valence-corrected chi connectivity index (χ1v) is 6.39. The number of ether oxygens (including phenoxy) is 1. The molecule has 5 nitrogen and oxygen atoms in total. The number of carbonyl (C=O) groups is 1. The molecule has 0 bridgehead atoms. The summed E-state index contributed by atoms with van der Waals surface area (Å²) in [6.07, 6.45) is 1.31. The molecular formula is C15H15FN2O3. The molecular weight excluding hydrogens is 275 g/mol. The molecule has 0 amide bonds. The van der Waals surface area contributed by atoms with Gasteiger partial charge in [0.25, 0.3) is 0 Å². The van der Waals surface area contributed by atoms with E-state index in [0.717, 1.165) is 6.07 Å². The van der Waals surface area contributed by atoms with Crippen LogP contribution in [0.4, 0.5) is 15.9 Å². The lowest BCUT2D eigenvalue weighted by Gasteiger charge is -2.11. The molecule has 1 aromatic carbocycles. The summed E-state index contributed by atoms with van der Waals surface area (Å²) in [5, 5.41) is 11.6. The van der Waals surface area contributed by atoms with Crippen molar-refractivity contribution in [2.45, 2.75) is 20.0 Å². The maximum Gasteiger partial charge on any atom is 0.338 e. The van der Waals surface area contributed by atoms with Crippen molar-refractivity contribution in [2.75, 3.05) is 5.32 Å². The van der Waals surface area contributed by atoms with Gasteiger partial charge in [-0.3, -0.25) is 0 Å². The van der Waals surface area contributed by atoms with E-state index in [4.69, 9.17) is 9.84 Å². The number of anilines is 2. The summed E-state index contributed by atoms with van der Waals surface area (Å²) >= 11 is 0. The van der Waals surface area contributed by atoms with E-state index in [0.29, 0.717) is 11.4 Å². The monoisotopic (exact) mass is 290 g/mol. The van der Waals surface area contributed by atoms with Crippen LogP contribution >= 0.6 is 0 Å². The van der Waals surface area contributed by atoms with Crippen LogP contribution in [0.1, 0.15) is 24.2 Å². The van der Waals surface area contributed by atoms with E-state index in [9.17, 15) is 9.18 Å². The lowest BCUT2D eigenvalue weighted by Crippen LogP contribution is -2.06. The SMILES string of the molecule is CC(C)Oc1ccc(Nc2nccc(C(=O)O)c2F)cc1. The van der Waals surface area contributed by atoms with Crippen molar-refractivity contribution >= 4 is 17.5 Å². The highest BCUT2D eigenvalue weighted by Gasteiger charge is 2.15. The van der Waals surface area contributed by atoms with Crippen LogP contribution in [0.25, 0.3) is 0 Å². The fourth-order valence-electron chi connectivity index (χ4n) is 1.72. The summed E-state index contributed by atoms with van der Waals surface area (Å²) in [6, 6.07) is 7.99. The largest absolute Gasteiger partial charge is 0.491 e. The number of nitrogens with one attached hydrogen (secondary N) is 1. The summed E-state index contributed by atoms with van der Waals surface area (Å²) < 4.78 is 19.4. The minimum atomic E-state index is -1.33. The number of hydrogen-bond acceptors (Lipinski definition) is 4. The molecule has 0 atom stereocenters. The molecule has 0 aliphatic heterocycles. The third kappa shape index (κ3) is 3.68. The Morgan fingerprint density at radius 3 is 2.52 bits per heavy atom. The van der Waals surface area contributed by atoms with Gasteiger partial charge < -0.3 is 15.2 Å². The molecule has 21 heavy (non-hydrogen) atoms. The zero-order valence-electron chi connectivity index (χ0n) is 11.6. The molecule has 0 spiro atoms. The van der Waals surface area contributed by atoms with Gasteiger partial charge in [0, 0.05) is 11.9 Å². The van der Waals surface area contributed by atoms with E-state index in [-0.39, 0.29) is 11.9 Å². The molecule has 1 heterocycles. The van der Waals surface area contributed by atoms with Crippen LogP contribution in [-0.2, 0) is 0 Å². The van der Waals surface area contributed by atoms with Crippen LogP contribution in [0.15, 0.2) is 36.5 Å². The number of aromatic carboxylic acids is 1. The van der Waals surface area contributed by atoms with Gasteiger partial charge in [-0.2, -0.15) is 0 Å². The zero-order chi connectivity index (χ0) is 15.4. The average Bonchev–Trinajstić information content (AvgIpc) is 2.42. The Morgan fingerprint density at radius 1 is 1.29 bits per heavy atom. The Kier molecular flexibility index (Phi) is 4.37. The Labute approximate surface area is 121 Å². The van der Waals surface area contributed by atoms with E-state index in [1.807, 2.05) is 13.8 Å². The summed E-state index contributed by atoms with van der Waals surface area (Å²) in [5.41, 5.74) is 0.160. The minimum Gasteiger partial charge on any atom is -0.491 e. The Morgan fingerprint density at radius 2 is 1.95 bits per heavy atom. The van der Waals surface area contributed by atoms with Gasteiger partial charge in [-0.1, -0.05) is 0 Å². The third-order valence-corrected chi connectivity index (χ3v) is 2.61. The molecule has 2 N–H and O–H groups in total. The number of nitrogens with zero attached hydrogens (tertiary/aromatic N) is 1. The van der Waals surface area contributed by atoms with Crippen LogP contribution in [0.2, 0.25) is 0 Å². The molecule has 0 saturated heterocycles. The van der Waals surface area contributed by atoms with Crippen molar-refractivity contribution < 1.29 is 19.0 Å². The van der Waals surface area contributed by atoms with Gasteiger partial charge >= 0.3 is 5.97 Å². The minimum absolute atomic E-state index is 0.0650. The van der Waals surface area contributed by atoms with Crippen LogP contribution in [0.3, 0.4) is 0 Å². The average molecular weight is 290 g/mol. The molecule has 0 radical (unpaired) electrons. The Hall–Kier alpha value is -2.63. The Bertz CT molecular complexity index is 642. The van der Waals surface area contributed by atoms with Crippen molar-refractivity contribution in [3.05, 3.63) is 47.9 Å².